The van der Waals surface area contributed by atoms with Gasteiger partial charge in [0.25, 0.3) is 0 Å². The molecule has 29 heavy (non-hydrogen) atoms. The zero-order valence-electron chi connectivity index (χ0n) is 15.8. The highest BCUT2D eigenvalue weighted by Gasteiger charge is 2.28. The molecule has 0 radical (unpaired) electrons. The number of nitrogens with two attached hydrogens (primary N) is 1. The Hall–Kier alpha value is -2.84. The lowest BCUT2D eigenvalue weighted by molar-refractivity contribution is -0.142. The van der Waals surface area contributed by atoms with E-state index in [4.69, 9.17) is 5.73 Å². The van der Waals surface area contributed by atoms with Gasteiger partial charge in [0.05, 0.1) is 6.04 Å². The first-order valence-corrected chi connectivity index (χ1v) is 9.81. The second-order valence-corrected chi connectivity index (χ2v) is 6.99. The molecule has 0 aliphatic rings. The third-order valence-corrected chi connectivity index (χ3v) is 4.74. The average Bonchev–Trinajstić information content (AvgIpc) is 2.73. The number of carbonyl (C=O) groups excluding carboxylic acids is 2. The first kappa shape index (κ1) is 22.4. The van der Waals surface area contributed by atoms with Crippen molar-refractivity contribution < 1.29 is 19.5 Å². The van der Waals surface area contributed by atoms with E-state index in [9.17, 15) is 19.5 Å². The van der Waals surface area contributed by atoms with Crippen LogP contribution in [-0.4, -0.2) is 46.8 Å². The molecule has 3 atom stereocenters. The Kier molecular flexibility index (Phi) is 8.69. The summed E-state index contributed by atoms with van der Waals surface area (Å²) in [6.07, 6.45) is 0.333. The molecule has 0 saturated carbocycles. The predicted octanol–water partition coefficient (Wildman–Crippen LogP) is 0.783. The number of nitrogens with one attached hydrogen (secondary N) is 2. The fourth-order valence-corrected chi connectivity index (χ4v) is 2.91. The number of carbonyl (C=O) groups is 3. The summed E-state index contributed by atoms with van der Waals surface area (Å²) in [6, 6.07) is 15.2. The summed E-state index contributed by atoms with van der Waals surface area (Å²) in [5.41, 5.74) is 7.30. The molecular formula is C21H25N3O4S. The lowest BCUT2D eigenvalue weighted by Gasteiger charge is -2.23. The molecule has 0 aromatic heterocycles. The molecular weight excluding hydrogens is 390 g/mol. The average molecular weight is 416 g/mol. The van der Waals surface area contributed by atoms with Gasteiger partial charge < -0.3 is 21.5 Å². The first-order chi connectivity index (χ1) is 13.9. The van der Waals surface area contributed by atoms with Crippen molar-refractivity contribution >= 4 is 30.4 Å². The number of aliphatic carboxylic acids is 1. The monoisotopic (exact) mass is 415 g/mol. The number of thiol groups is 1. The number of amides is 2. The molecule has 8 heteroatoms. The minimum atomic E-state index is -1.15. The SMILES string of the molecule is NC(CS)C(=O)NC(Cc1ccccc1)C(=O)NC(Cc1ccccc1)C(=O)O. The van der Waals surface area contributed by atoms with Crippen LogP contribution in [0.15, 0.2) is 60.7 Å². The number of benzene rings is 2. The second kappa shape index (κ2) is 11.2. The van der Waals surface area contributed by atoms with Crippen LogP contribution < -0.4 is 16.4 Å². The Labute approximate surface area is 175 Å². The second-order valence-electron chi connectivity index (χ2n) is 6.63. The van der Waals surface area contributed by atoms with Crippen LogP contribution >= 0.6 is 12.6 Å². The van der Waals surface area contributed by atoms with Gasteiger partial charge in [-0.05, 0) is 11.1 Å². The topological polar surface area (TPSA) is 122 Å². The summed E-state index contributed by atoms with van der Waals surface area (Å²) < 4.78 is 0. The van der Waals surface area contributed by atoms with E-state index in [0.717, 1.165) is 11.1 Å². The quantitative estimate of drug-likeness (QED) is 0.367. The maximum Gasteiger partial charge on any atom is 0.326 e. The molecule has 0 spiro atoms. The Bertz CT molecular complexity index is 817. The minimum Gasteiger partial charge on any atom is -0.480 e. The fourth-order valence-electron chi connectivity index (χ4n) is 2.74. The van der Waals surface area contributed by atoms with E-state index < -0.39 is 35.9 Å². The largest absolute Gasteiger partial charge is 0.480 e. The van der Waals surface area contributed by atoms with Crippen LogP contribution in [0.5, 0.6) is 0 Å². The van der Waals surface area contributed by atoms with Crippen LogP contribution in [0.25, 0.3) is 0 Å². The van der Waals surface area contributed by atoms with Crippen LogP contribution in [0.1, 0.15) is 11.1 Å². The number of hydrogen-bond acceptors (Lipinski definition) is 5. The molecule has 0 aliphatic carbocycles. The summed E-state index contributed by atoms with van der Waals surface area (Å²) in [5.74, 6) is -2.14. The number of hydrogen-bond donors (Lipinski definition) is 5. The Balaban J connectivity index is 2.15. The van der Waals surface area contributed by atoms with E-state index in [1.165, 1.54) is 0 Å². The lowest BCUT2D eigenvalue weighted by Crippen LogP contribution is -2.55. The van der Waals surface area contributed by atoms with Crippen LogP contribution in [-0.2, 0) is 27.2 Å². The summed E-state index contributed by atoms with van der Waals surface area (Å²) in [4.78, 5) is 36.7. The highest BCUT2D eigenvalue weighted by Crippen LogP contribution is 2.07. The number of carboxylic acids is 1. The molecule has 5 N–H and O–H groups in total. The fraction of sp³-hybridized carbons (Fsp3) is 0.286. The highest BCUT2D eigenvalue weighted by molar-refractivity contribution is 7.80. The maximum atomic E-state index is 12.9. The molecule has 0 saturated heterocycles. The Morgan fingerprint density at radius 3 is 1.72 bits per heavy atom. The van der Waals surface area contributed by atoms with Crippen molar-refractivity contribution in [3.63, 3.8) is 0 Å². The van der Waals surface area contributed by atoms with Crippen molar-refractivity contribution in [1.82, 2.24) is 10.6 Å². The van der Waals surface area contributed by atoms with Gasteiger partial charge in [-0.2, -0.15) is 12.6 Å². The minimum absolute atomic E-state index is 0.122. The molecule has 2 rings (SSSR count). The van der Waals surface area contributed by atoms with E-state index in [0.29, 0.717) is 0 Å². The molecule has 2 amide bonds. The molecule has 154 valence electrons. The van der Waals surface area contributed by atoms with Gasteiger partial charge in [0.1, 0.15) is 12.1 Å². The van der Waals surface area contributed by atoms with Gasteiger partial charge in [-0.3, -0.25) is 9.59 Å². The van der Waals surface area contributed by atoms with E-state index in [1.54, 1.807) is 24.3 Å². The van der Waals surface area contributed by atoms with E-state index in [1.807, 2.05) is 36.4 Å². The van der Waals surface area contributed by atoms with E-state index >= 15 is 0 Å². The Morgan fingerprint density at radius 2 is 1.28 bits per heavy atom. The van der Waals surface area contributed by atoms with Crippen molar-refractivity contribution in [3.8, 4) is 0 Å². The van der Waals surface area contributed by atoms with Crippen LogP contribution in [0.3, 0.4) is 0 Å². The van der Waals surface area contributed by atoms with Crippen molar-refractivity contribution in [2.45, 2.75) is 31.0 Å². The van der Waals surface area contributed by atoms with Gasteiger partial charge in [-0.1, -0.05) is 60.7 Å². The van der Waals surface area contributed by atoms with E-state index in [2.05, 4.69) is 23.3 Å². The lowest BCUT2D eigenvalue weighted by atomic mass is 10.0. The van der Waals surface area contributed by atoms with Gasteiger partial charge in [-0.25, -0.2) is 4.79 Å². The van der Waals surface area contributed by atoms with Gasteiger partial charge in [0, 0.05) is 18.6 Å². The van der Waals surface area contributed by atoms with Gasteiger partial charge in [0.15, 0.2) is 0 Å². The zero-order valence-corrected chi connectivity index (χ0v) is 16.7. The molecule has 0 aliphatic heterocycles. The number of carboxylic acid groups (broad SMARTS) is 1. The molecule has 3 unspecified atom stereocenters. The predicted molar refractivity (Wildman–Crippen MR) is 114 cm³/mol. The maximum absolute atomic E-state index is 12.9. The van der Waals surface area contributed by atoms with Crippen molar-refractivity contribution in [3.05, 3.63) is 71.8 Å². The third-order valence-electron chi connectivity index (χ3n) is 4.35. The molecule has 0 bridgehead atoms. The van der Waals surface area contributed by atoms with Crippen LogP contribution in [0, 0.1) is 0 Å². The van der Waals surface area contributed by atoms with Gasteiger partial charge in [-0.15, -0.1) is 0 Å². The van der Waals surface area contributed by atoms with Gasteiger partial charge >= 0.3 is 5.97 Å². The van der Waals surface area contributed by atoms with Crippen molar-refractivity contribution in [2.24, 2.45) is 5.73 Å². The van der Waals surface area contributed by atoms with Crippen LogP contribution in [0.2, 0.25) is 0 Å². The molecule has 2 aromatic carbocycles. The first-order valence-electron chi connectivity index (χ1n) is 9.18. The van der Waals surface area contributed by atoms with E-state index in [-0.39, 0.29) is 18.6 Å². The third kappa shape index (κ3) is 7.24. The normalized spacial score (nSPS) is 13.7. The van der Waals surface area contributed by atoms with Crippen molar-refractivity contribution in [2.75, 3.05) is 5.75 Å². The molecule has 2 aromatic rings. The highest BCUT2D eigenvalue weighted by atomic mass is 32.1. The summed E-state index contributed by atoms with van der Waals surface area (Å²) >= 11 is 4.00. The van der Waals surface area contributed by atoms with Crippen LogP contribution in [0.4, 0.5) is 0 Å². The summed E-state index contributed by atoms with van der Waals surface area (Å²) in [7, 11) is 0. The summed E-state index contributed by atoms with van der Waals surface area (Å²) in [6.45, 7) is 0. The standard InChI is InChI=1S/C21H25N3O4S/c22-16(13-29)19(25)23-17(11-14-7-3-1-4-8-14)20(26)24-18(21(27)28)12-15-9-5-2-6-10-15/h1-10,16-18,29H,11-13,22H2,(H,23,25)(H,24,26)(H,27,28). The molecule has 7 nitrogen and oxygen atoms in total. The van der Waals surface area contributed by atoms with Crippen molar-refractivity contribution in [1.29, 1.82) is 0 Å². The summed E-state index contributed by atoms with van der Waals surface area (Å²) in [5, 5.41) is 14.7. The number of rotatable bonds is 10. The smallest absolute Gasteiger partial charge is 0.326 e. The molecule has 0 fully saturated rings. The molecule has 0 heterocycles. The Morgan fingerprint density at radius 1 is 0.828 bits per heavy atom. The van der Waals surface area contributed by atoms with Gasteiger partial charge in [0.2, 0.25) is 11.8 Å². The zero-order chi connectivity index (χ0) is 21.2.